The molecule has 1 heterocycles. The molecule has 1 saturated heterocycles. The number of amidine groups is 1. The SMILES string of the molecule is CCN1C(=O)[C@@H](CC(=O)Nc2cccc(C(F)(F)F)c2)SC1=Nc1cccc(OC)c1. The van der Waals surface area contributed by atoms with Crippen LogP contribution in [0.15, 0.2) is 53.5 Å². The Labute approximate surface area is 181 Å². The van der Waals surface area contributed by atoms with Crippen LogP contribution in [0.1, 0.15) is 18.9 Å². The first-order valence-electron chi connectivity index (χ1n) is 9.39. The molecule has 1 aliphatic rings. The zero-order valence-electron chi connectivity index (χ0n) is 16.8. The number of rotatable bonds is 6. The molecule has 0 bridgehead atoms. The Bertz CT molecular complexity index is 1010. The molecule has 0 saturated carbocycles. The Morgan fingerprint density at radius 1 is 1.23 bits per heavy atom. The maximum Gasteiger partial charge on any atom is 0.416 e. The lowest BCUT2D eigenvalue weighted by molar-refractivity contribution is -0.137. The Kier molecular flexibility index (Phi) is 6.89. The van der Waals surface area contributed by atoms with Crippen LogP contribution in [0.4, 0.5) is 24.5 Å². The lowest BCUT2D eigenvalue weighted by Gasteiger charge is -2.13. The fraction of sp³-hybridized carbons (Fsp3) is 0.286. The van der Waals surface area contributed by atoms with Crippen molar-refractivity contribution < 1.29 is 27.5 Å². The number of nitrogens with one attached hydrogen (secondary N) is 1. The summed E-state index contributed by atoms with van der Waals surface area (Å²) in [6, 6.07) is 11.4. The van der Waals surface area contributed by atoms with Crippen LogP contribution in [0, 0.1) is 0 Å². The Balaban J connectivity index is 1.71. The summed E-state index contributed by atoms with van der Waals surface area (Å²) in [5, 5.41) is 2.18. The van der Waals surface area contributed by atoms with Crippen LogP contribution >= 0.6 is 11.8 Å². The van der Waals surface area contributed by atoms with Gasteiger partial charge in [-0.2, -0.15) is 13.2 Å². The van der Waals surface area contributed by atoms with Crippen molar-refractivity contribution in [2.24, 2.45) is 4.99 Å². The Morgan fingerprint density at radius 2 is 1.97 bits per heavy atom. The first-order valence-corrected chi connectivity index (χ1v) is 10.3. The largest absolute Gasteiger partial charge is 0.497 e. The predicted molar refractivity (Wildman–Crippen MR) is 114 cm³/mol. The van der Waals surface area contributed by atoms with Crippen LogP contribution in [0.3, 0.4) is 0 Å². The van der Waals surface area contributed by atoms with Gasteiger partial charge in [0.25, 0.3) is 0 Å². The topological polar surface area (TPSA) is 71.0 Å². The number of methoxy groups -OCH3 is 1. The zero-order chi connectivity index (χ0) is 22.6. The summed E-state index contributed by atoms with van der Waals surface area (Å²) in [6.45, 7) is 2.17. The van der Waals surface area contributed by atoms with Crippen molar-refractivity contribution in [3.05, 3.63) is 54.1 Å². The molecule has 0 unspecified atom stereocenters. The maximum absolute atomic E-state index is 12.8. The number of anilines is 1. The molecule has 6 nitrogen and oxygen atoms in total. The minimum atomic E-state index is -4.51. The lowest BCUT2D eigenvalue weighted by atomic mass is 10.2. The standard InChI is InChI=1S/C21H20F3N3O3S/c1-3-27-19(29)17(31-20(27)26-15-8-5-9-16(11-15)30-2)12-18(28)25-14-7-4-6-13(10-14)21(22,23)24/h4-11,17H,3,12H2,1-2H3,(H,25,28)/t17-/m1/s1. The molecule has 1 N–H and O–H groups in total. The van der Waals surface area contributed by atoms with Gasteiger partial charge in [0.15, 0.2) is 5.17 Å². The number of benzene rings is 2. The number of halogens is 3. The Morgan fingerprint density at radius 3 is 2.65 bits per heavy atom. The van der Waals surface area contributed by atoms with Crippen molar-refractivity contribution >= 4 is 40.1 Å². The summed E-state index contributed by atoms with van der Waals surface area (Å²) < 4.78 is 43.7. The molecule has 0 radical (unpaired) electrons. The van der Waals surface area contributed by atoms with Gasteiger partial charge in [-0.05, 0) is 37.3 Å². The fourth-order valence-corrected chi connectivity index (χ4v) is 4.18. The molecule has 1 aliphatic heterocycles. The molecule has 2 amide bonds. The molecule has 164 valence electrons. The summed E-state index contributed by atoms with van der Waals surface area (Å²) >= 11 is 1.15. The second-order valence-electron chi connectivity index (χ2n) is 6.62. The average Bonchev–Trinajstić information content (AvgIpc) is 3.01. The van der Waals surface area contributed by atoms with Crippen molar-refractivity contribution in [1.82, 2.24) is 4.90 Å². The number of alkyl halides is 3. The second kappa shape index (κ2) is 9.42. The first-order chi connectivity index (χ1) is 14.7. The van der Waals surface area contributed by atoms with E-state index >= 15 is 0 Å². The van der Waals surface area contributed by atoms with Crippen molar-refractivity contribution in [3.8, 4) is 5.75 Å². The van der Waals surface area contributed by atoms with Crippen molar-refractivity contribution in [3.63, 3.8) is 0 Å². The third-order valence-corrected chi connectivity index (χ3v) is 5.63. The highest BCUT2D eigenvalue weighted by atomic mass is 32.2. The zero-order valence-corrected chi connectivity index (χ0v) is 17.6. The number of amides is 2. The summed E-state index contributed by atoms with van der Waals surface area (Å²) in [4.78, 5) is 31.1. The average molecular weight is 451 g/mol. The van der Waals surface area contributed by atoms with E-state index in [1.165, 1.54) is 24.1 Å². The first kappa shape index (κ1) is 22.7. The van der Waals surface area contributed by atoms with Gasteiger partial charge in [0.2, 0.25) is 11.8 Å². The molecule has 1 fully saturated rings. The molecular formula is C21H20F3N3O3S. The van der Waals surface area contributed by atoms with Gasteiger partial charge < -0.3 is 10.1 Å². The molecule has 2 aromatic rings. The van der Waals surface area contributed by atoms with Gasteiger partial charge in [-0.1, -0.05) is 23.9 Å². The van der Waals surface area contributed by atoms with E-state index in [0.29, 0.717) is 23.1 Å². The molecule has 0 spiro atoms. The van der Waals surface area contributed by atoms with E-state index in [1.807, 2.05) is 0 Å². The highest BCUT2D eigenvalue weighted by Crippen LogP contribution is 2.33. The van der Waals surface area contributed by atoms with E-state index in [9.17, 15) is 22.8 Å². The van der Waals surface area contributed by atoms with Crippen LogP contribution in [-0.4, -0.2) is 40.8 Å². The third kappa shape index (κ3) is 5.57. The number of nitrogens with zero attached hydrogens (tertiary/aromatic N) is 2. The summed E-state index contributed by atoms with van der Waals surface area (Å²) in [7, 11) is 1.54. The number of hydrogen-bond donors (Lipinski definition) is 1. The van der Waals surface area contributed by atoms with Gasteiger partial charge >= 0.3 is 6.18 Å². The molecule has 0 aromatic heterocycles. The highest BCUT2D eigenvalue weighted by Gasteiger charge is 2.38. The second-order valence-corrected chi connectivity index (χ2v) is 7.79. The fourth-order valence-electron chi connectivity index (χ4n) is 2.96. The number of hydrogen-bond acceptors (Lipinski definition) is 5. The minimum Gasteiger partial charge on any atom is -0.497 e. The number of carbonyl (C=O) groups is 2. The molecule has 1 atom stereocenters. The number of carbonyl (C=O) groups excluding carboxylic acids is 2. The van der Waals surface area contributed by atoms with E-state index in [0.717, 1.165) is 23.9 Å². The van der Waals surface area contributed by atoms with Gasteiger partial charge in [0, 0.05) is 24.7 Å². The van der Waals surface area contributed by atoms with Gasteiger partial charge in [0.1, 0.15) is 11.0 Å². The van der Waals surface area contributed by atoms with E-state index in [-0.39, 0.29) is 18.0 Å². The van der Waals surface area contributed by atoms with Crippen LogP contribution < -0.4 is 10.1 Å². The van der Waals surface area contributed by atoms with Gasteiger partial charge in [-0.25, -0.2) is 4.99 Å². The minimum absolute atomic E-state index is 0.0212. The third-order valence-electron chi connectivity index (χ3n) is 4.46. The van der Waals surface area contributed by atoms with Crippen LogP contribution in [-0.2, 0) is 15.8 Å². The maximum atomic E-state index is 12.8. The molecule has 0 aliphatic carbocycles. The summed E-state index contributed by atoms with van der Waals surface area (Å²) in [6.07, 6.45) is -4.70. The quantitative estimate of drug-likeness (QED) is 0.692. The lowest BCUT2D eigenvalue weighted by Crippen LogP contribution is -2.33. The highest BCUT2D eigenvalue weighted by molar-refractivity contribution is 8.15. The van der Waals surface area contributed by atoms with Gasteiger partial charge in [-0.3, -0.25) is 14.5 Å². The van der Waals surface area contributed by atoms with Crippen molar-refractivity contribution in [2.75, 3.05) is 19.0 Å². The van der Waals surface area contributed by atoms with Crippen LogP contribution in [0.25, 0.3) is 0 Å². The van der Waals surface area contributed by atoms with Crippen LogP contribution in [0.5, 0.6) is 5.75 Å². The molecule has 2 aromatic carbocycles. The smallest absolute Gasteiger partial charge is 0.416 e. The predicted octanol–water partition coefficient (Wildman–Crippen LogP) is 4.69. The van der Waals surface area contributed by atoms with E-state index in [1.54, 1.807) is 31.2 Å². The van der Waals surface area contributed by atoms with E-state index in [4.69, 9.17) is 4.74 Å². The molecule has 31 heavy (non-hydrogen) atoms. The number of aliphatic imine (C=N–C) groups is 1. The number of thioether (sulfide) groups is 1. The molecule has 3 rings (SSSR count). The number of ether oxygens (including phenoxy) is 1. The van der Waals surface area contributed by atoms with Gasteiger partial charge in [0.05, 0.1) is 18.4 Å². The Hall–Kier alpha value is -3.01. The van der Waals surface area contributed by atoms with Crippen molar-refractivity contribution in [1.29, 1.82) is 0 Å². The molecular weight excluding hydrogens is 431 g/mol. The van der Waals surface area contributed by atoms with Crippen molar-refractivity contribution in [2.45, 2.75) is 24.8 Å². The molecule has 10 heteroatoms. The van der Waals surface area contributed by atoms with Gasteiger partial charge in [-0.15, -0.1) is 0 Å². The van der Waals surface area contributed by atoms with Crippen LogP contribution in [0.2, 0.25) is 0 Å². The van der Waals surface area contributed by atoms with E-state index in [2.05, 4.69) is 10.3 Å². The van der Waals surface area contributed by atoms with E-state index < -0.39 is 22.9 Å². The normalized spacial score (nSPS) is 17.8. The summed E-state index contributed by atoms with van der Waals surface area (Å²) in [5.41, 5.74) is -0.239. The summed E-state index contributed by atoms with van der Waals surface area (Å²) in [5.74, 6) is -0.201. The monoisotopic (exact) mass is 451 g/mol.